The molecule has 1 saturated heterocycles. The van der Waals surface area contributed by atoms with E-state index in [1.165, 1.54) is 7.11 Å². The Bertz CT molecular complexity index is 652. The van der Waals surface area contributed by atoms with E-state index in [0.717, 1.165) is 36.3 Å². The quantitative estimate of drug-likeness (QED) is 0.917. The number of imide groups is 1. The van der Waals surface area contributed by atoms with Gasteiger partial charge in [-0.15, -0.1) is 0 Å². The predicted octanol–water partition coefficient (Wildman–Crippen LogP) is 2.37. The van der Waals surface area contributed by atoms with Gasteiger partial charge in [0.05, 0.1) is 18.7 Å². The van der Waals surface area contributed by atoms with Crippen LogP contribution in [0.1, 0.15) is 43.6 Å². The summed E-state index contributed by atoms with van der Waals surface area (Å²) < 4.78 is 4.71. The van der Waals surface area contributed by atoms with Crippen LogP contribution in [0, 0.1) is 0 Å². The molecule has 0 spiro atoms. The zero-order chi connectivity index (χ0) is 17.1. The number of Topliss-reactive ketones (excluding diaryl/α,β-unsaturated/α-hetero) is 1. The van der Waals surface area contributed by atoms with Crippen molar-refractivity contribution < 1.29 is 19.1 Å². The number of piperidine rings is 1. The van der Waals surface area contributed by atoms with Gasteiger partial charge in [-0.05, 0) is 31.0 Å². The second-order valence-corrected chi connectivity index (χ2v) is 6.35. The van der Waals surface area contributed by atoms with Gasteiger partial charge in [-0.3, -0.25) is 9.59 Å². The van der Waals surface area contributed by atoms with Gasteiger partial charge in [-0.25, -0.2) is 9.69 Å². The fourth-order valence-corrected chi connectivity index (χ4v) is 3.55. The molecule has 0 saturated carbocycles. The number of rotatable bonds is 4. The number of fused-ring (bicyclic) bond motifs is 1. The van der Waals surface area contributed by atoms with Crippen LogP contribution in [0.3, 0.4) is 0 Å². The van der Waals surface area contributed by atoms with Crippen molar-refractivity contribution in [3.05, 3.63) is 29.8 Å². The molecule has 128 valence electrons. The number of amides is 2. The summed E-state index contributed by atoms with van der Waals surface area (Å²) >= 11 is 0. The monoisotopic (exact) mass is 330 g/mol. The number of ether oxygens (including phenoxy) is 1. The third-order valence-electron chi connectivity index (χ3n) is 4.75. The molecule has 1 N–H and O–H groups in total. The Labute approximate surface area is 141 Å². The van der Waals surface area contributed by atoms with Crippen LogP contribution in [0.15, 0.2) is 24.3 Å². The van der Waals surface area contributed by atoms with Crippen molar-refractivity contribution in [2.45, 2.75) is 44.1 Å². The number of anilines is 1. The van der Waals surface area contributed by atoms with Gasteiger partial charge in [-0.1, -0.05) is 24.6 Å². The van der Waals surface area contributed by atoms with Crippen molar-refractivity contribution in [1.29, 1.82) is 0 Å². The minimum atomic E-state index is -0.712. The normalized spacial score (nSPS) is 23.0. The third-order valence-corrected chi connectivity index (χ3v) is 4.75. The Morgan fingerprint density at radius 1 is 1.25 bits per heavy atom. The second kappa shape index (κ2) is 7.13. The van der Waals surface area contributed by atoms with Crippen molar-refractivity contribution in [2.75, 3.05) is 18.6 Å². The number of hydrogen-bond donors (Lipinski definition) is 1. The topological polar surface area (TPSA) is 75.7 Å². The van der Waals surface area contributed by atoms with Crippen molar-refractivity contribution >= 4 is 23.5 Å². The highest BCUT2D eigenvalue weighted by Crippen LogP contribution is 2.39. The Kier molecular flexibility index (Phi) is 4.94. The fraction of sp³-hybridized carbons (Fsp3) is 0.500. The van der Waals surface area contributed by atoms with E-state index in [0.29, 0.717) is 12.1 Å². The summed E-state index contributed by atoms with van der Waals surface area (Å²) in [7, 11) is 1.24. The van der Waals surface area contributed by atoms with Gasteiger partial charge in [0.2, 0.25) is 5.91 Å². The molecule has 1 fully saturated rings. The van der Waals surface area contributed by atoms with E-state index in [4.69, 9.17) is 4.74 Å². The first-order valence-electron chi connectivity index (χ1n) is 8.37. The van der Waals surface area contributed by atoms with E-state index >= 15 is 0 Å². The maximum atomic E-state index is 12.6. The highest BCUT2D eigenvalue weighted by Gasteiger charge is 2.42. The number of carbonyl (C=O) groups is 3. The Hall–Kier alpha value is -2.21. The van der Waals surface area contributed by atoms with Gasteiger partial charge in [0, 0.05) is 18.9 Å². The summed E-state index contributed by atoms with van der Waals surface area (Å²) in [5, 5.41) is 3.35. The number of nitrogens with zero attached hydrogens (tertiary/aromatic N) is 1. The summed E-state index contributed by atoms with van der Waals surface area (Å²) in [5.41, 5.74) is 1.24. The molecule has 1 aromatic carbocycles. The minimum absolute atomic E-state index is 0.0502. The van der Waals surface area contributed by atoms with Crippen molar-refractivity contribution in [1.82, 2.24) is 5.32 Å². The number of carbonyl (C=O) groups excluding carboxylic acids is 3. The van der Waals surface area contributed by atoms with E-state index in [-0.39, 0.29) is 24.2 Å². The highest BCUT2D eigenvalue weighted by atomic mass is 16.5. The standard InChI is InChI=1S/C18H22N2O4/c1-24-18(23)20-16-8-3-2-7-14(16)15(17(20)22)11-13(21)10-12-6-4-5-9-19-12/h2-3,7-8,12,15,19H,4-6,9-11H2,1H3. The highest BCUT2D eigenvalue weighted by molar-refractivity contribution is 6.19. The van der Waals surface area contributed by atoms with E-state index < -0.39 is 12.0 Å². The van der Waals surface area contributed by atoms with E-state index in [1.54, 1.807) is 18.2 Å². The van der Waals surface area contributed by atoms with Gasteiger partial charge in [0.25, 0.3) is 0 Å². The summed E-state index contributed by atoms with van der Waals surface area (Å²) in [6.45, 7) is 0.944. The lowest BCUT2D eigenvalue weighted by Crippen LogP contribution is -2.37. The van der Waals surface area contributed by atoms with Crippen LogP contribution in [0.4, 0.5) is 10.5 Å². The van der Waals surface area contributed by atoms with Gasteiger partial charge in [0.15, 0.2) is 0 Å². The summed E-state index contributed by atoms with van der Waals surface area (Å²) in [6, 6.07) is 7.28. The van der Waals surface area contributed by atoms with Crippen LogP contribution >= 0.6 is 0 Å². The van der Waals surface area contributed by atoms with Gasteiger partial charge >= 0.3 is 6.09 Å². The van der Waals surface area contributed by atoms with Crippen LogP contribution in [0.25, 0.3) is 0 Å². The molecule has 0 radical (unpaired) electrons. The van der Waals surface area contributed by atoms with E-state index in [2.05, 4.69) is 5.32 Å². The third kappa shape index (κ3) is 3.19. The molecule has 6 nitrogen and oxygen atoms in total. The number of hydrogen-bond acceptors (Lipinski definition) is 5. The van der Waals surface area contributed by atoms with Crippen molar-refractivity contribution in [3.8, 4) is 0 Å². The zero-order valence-electron chi connectivity index (χ0n) is 13.8. The molecule has 0 aromatic heterocycles. The van der Waals surface area contributed by atoms with Gasteiger partial charge in [0.1, 0.15) is 5.78 Å². The first-order valence-corrected chi connectivity index (χ1v) is 8.37. The maximum absolute atomic E-state index is 12.6. The molecule has 6 heteroatoms. The average molecular weight is 330 g/mol. The van der Waals surface area contributed by atoms with Crippen LogP contribution in [0.2, 0.25) is 0 Å². The van der Waals surface area contributed by atoms with Crippen LogP contribution in [-0.2, 0) is 14.3 Å². The summed E-state index contributed by atoms with van der Waals surface area (Å²) in [6.07, 6.45) is 3.12. The number of para-hydroxylation sites is 1. The average Bonchev–Trinajstić information content (AvgIpc) is 2.87. The lowest BCUT2D eigenvalue weighted by atomic mass is 9.91. The van der Waals surface area contributed by atoms with Crippen molar-refractivity contribution in [3.63, 3.8) is 0 Å². The molecule has 2 unspecified atom stereocenters. The zero-order valence-corrected chi connectivity index (χ0v) is 13.8. The molecular weight excluding hydrogens is 308 g/mol. The molecule has 2 heterocycles. The maximum Gasteiger partial charge on any atom is 0.420 e. The van der Waals surface area contributed by atoms with Gasteiger partial charge < -0.3 is 10.1 Å². The second-order valence-electron chi connectivity index (χ2n) is 6.35. The fourth-order valence-electron chi connectivity index (χ4n) is 3.55. The molecule has 24 heavy (non-hydrogen) atoms. The first kappa shape index (κ1) is 16.6. The van der Waals surface area contributed by atoms with Crippen LogP contribution < -0.4 is 10.2 Å². The van der Waals surface area contributed by atoms with E-state index in [9.17, 15) is 14.4 Å². The lowest BCUT2D eigenvalue weighted by molar-refractivity contribution is -0.125. The van der Waals surface area contributed by atoms with Crippen molar-refractivity contribution in [2.24, 2.45) is 0 Å². The number of benzene rings is 1. The Morgan fingerprint density at radius 3 is 2.75 bits per heavy atom. The Morgan fingerprint density at radius 2 is 2.04 bits per heavy atom. The molecule has 2 aliphatic heterocycles. The number of nitrogens with one attached hydrogen (secondary N) is 1. The largest absolute Gasteiger partial charge is 0.452 e. The van der Waals surface area contributed by atoms with E-state index in [1.807, 2.05) is 6.07 Å². The molecule has 2 atom stereocenters. The molecule has 0 bridgehead atoms. The van der Waals surface area contributed by atoms with Crippen LogP contribution in [-0.4, -0.2) is 37.5 Å². The molecule has 2 amide bonds. The molecule has 2 aliphatic rings. The summed E-state index contributed by atoms with van der Waals surface area (Å²) in [5.74, 6) is -0.932. The van der Waals surface area contributed by atoms with Gasteiger partial charge in [-0.2, -0.15) is 0 Å². The molecule has 0 aliphatic carbocycles. The lowest BCUT2D eigenvalue weighted by Gasteiger charge is -2.23. The first-order chi connectivity index (χ1) is 11.6. The molecular formula is C18H22N2O4. The Balaban J connectivity index is 1.74. The minimum Gasteiger partial charge on any atom is -0.452 e. The predicted molar refractivity (Wildman–Crippen MR) is 89.0 cm³/mol. The van der Waals surface area contributed by atoms with Crippen LogP contribution in [0.5, 0.6) is 0 Å². The number of methoxy groups -OCH3 is 1. The molecule has 3 rings (SSSR count). The SMILES string of the molecule is COC(=O)N1C(=O)C(CC(=O)CC2CCCCN2)c2ccccc21. The smallest absolute Gasteiger partial charge is 0.420 e. The molecule has 1 aromatic rings. The number of ketones is 1. The summed E-state index contributed by atoms with van der Waals surface area (Å²) in [4.78, 5) is 38.0.